The molecule has 0 spiro atoms. The van der Waals surface area contributed by atoms with Gasteiger partial charge in [0.15, 0.2) is 0 Å². The summed E-state index contributed by atoms with van der Waals surface area (Å²) >= 11 is 6.97. The number of ether oxygens (including phenoxy) is 2. The number of hydrogen-bond acceptors (Lipinski definition) is 10. The molecule has 0 bridgehead atoms. The van der Waals surface area contributed by atoms with Crippen LogP contribution in [0.2, 0.25) is 0 Å². The molecule has 2 aromatic rings. The van der Waals surface area contributed by atoms with Gasteiger partial charge in [-0.15, -0.1) is 12.4 Å². The van der Waals surface area contributed by atoms with E-state index in [1.54, 1.807) is 36.7 Å². The van der Waals surface area contributed by atoms with Gasteiger partial charge in [-0.1, -0.05) is 12.1 Å². The summed E-state index contributed by atoms with van der Waals surface area (Å²) in [5.41, 5.74) is 2.38. The number of carboxylic acids is 2. The van der Waals surface area contributed by atoms with Crippen LogP contribution in [-0.2, 0) is 42.7 Å². The molecule has 0 radical (unpaired) electrons. The monoisotopic (exact) mass is 878 g/mol. The maximum absolute atomic E-state index is 11.8. The number of halogens is 3. The lowest BCUT2D eigenvalue weighted by Crippen LogP contribution is -2.48. The highest BCUT2D eigenvalue weighted by molar-refractivity contribution is 9.11. The quantitative estimate of drug-likeness (QED) is 0.334. The van der Waals surface area contributed by atoms with Crippen LogP contribution in [0.15, 0.2) is 45.3 Å². The van der Waals surface area contributed by atoms with Crippen molar-refractivity contribution in [2.24, 2.45) is 0 Å². The molecular formula is C30H45Br2ClN4O10S2. The molecule has 278 valence electrons. The van der Waals surface area contributed by atoms with Crippen molar-refractivity contribution >= 4 is 76.3 Å². The Labute approximate surface area is 312 Å². The van der Waals surface area contributed by atoms with E-state index < -0.39 is 32.0 Å². The molecule has 0 amide bonds. The van der Waals surface area contributed by atoms with E-state index >= 15 is 0 Å². The van der Waals surface area contributed by atoms with Crippen LogP contribution in [-0.4, -0.2) is 135 Å². The van der Waals surface area contributed by atoms with Crippen LogP contribution >= 0.6 is 44.3 Å². The number of nitrogens with zero attached hydrogens (tertiary/aromatic N) is 4. The van der Waals surface area contributed by atoms with Gasteiger partial charge in [0.2, 0.25) is 20.0 Å². The fraction of sp³-hybridized carbons (Fsp3) is 0.533. The fourth-order valence-electron chi connectivity index (χ4n) is 4.83. The number of hydrogen-bond donors (Lipinski definition) is 2. The summed E-state index contributed by atoms with van der Waals surface area (Å²) in [5, 5.41) is 14.8. The van der Waals surface area contributed by atoms with Gasteiger partial charge >= 0.3 is 11.9 Å². The number of carboxylic acid groups (broad SMARTS) is 2. The van der Waals surface area contributed by atoms with Crippen molar-refractivity contribution in [2.45, 2.75) is 26.9 Å². The Kier molecular flexibility index (Phi) is 19.6. The molecule has 0 saturated carbocycles. The lowest BCUT2D eigenvalue weighted by molar-refractivity contribution is -0.159. The van der Waals surface area contributed by atoms with Crippen LogP contribution in [0.25, 0.3) is 0 Å². The van der Waals surface area contributed by atoms with Crippen LogP contribution in [0.3, 0.4) is 0 Å². The second-order valence-corrected chi connectivity index (χ2v) is 16.9. The number of piperazine rings is 2. The first-order valence-electron chi connectivity index (χ1n) is 15.1. The highest BCUT2D eigenvalue weighted by atomic mass is 79.9. The summed E-state index contributed by atoms with van der Waals surface area (Å²) in [6.07, 6.45) is 0. The van der Waals surface area contributed by atoms with Crippen LogP contribution in [0.1, 0.15) is 25.0 Å². The standard InChI is InChI=1S/2C14H21BrN2O3S.C2H2O4.ClH/c2*1-3-21(18,19)17-8-6-16(7-9-17)11-12-4-5-14(20-2)13(15)10-12;3-1(4)2(5)6;/h2*4-5,10H,3,6-9,11H2,1-2H3;(H,3,4)(H,5,6);1H. The number of carbonyl (C=O) groups is 2. The third-order valence-electron chi connectivity index (χ3n) is 7.61. The van der Waals surface area contributed by atoms with Crippen LogP contribution in [0, 0.1) is 0 Å². The molecule has 14 nitrogen and oxygen atoms in total. The first-order chi connectivity index (χ1) is 22.6. The summed E-state index contributed by atoms with van der Waals surface area (Å²) < 4.78 is 62.8. The molecule has 2 fully saturated rings. The molecule has 2 aromatic carbocycles. The van der Waals surface area contributed by atoms with Crippen LogP contribution < -0.4 is 9.47 Å². The zero-order valence-corrected chi connectivity index (χ0v) is 33.5. The lowest BCUT2D eigenvalue weighted by atomic mass is 10.2. The second kappa shape index (κ2) is 21.4. The Hall–Kier alpha value is -2.03. The van der Waals surface area contributed by atoms with Gasteiger partial charge in [-0.25, -0.2) is 26.4 Å². The predicted molar refractivity (Wildman–Crippen MR) is 197 cm³/mol. The number of aliphatic carboxylic acids is 2. The van der Waals surface area contributed by atoms with Crippen LogP contribution in [0.5, 0.6) is 11.5 Å². The summed E-state index contributed by atoms with van der Waals surface area (Å²) in [6, 6.07) is 12.1. The first-order valence-corrected chi connectivity index (χ1v) is 19.9. The molecule has 0 aliphatic carbocycles. The Bertz CT molecular complexity index is 1470. The summed E-state index contributed by atoms with van der Waals surface area (Å²) in [6.45, 7) is 10.4. The Morgan fingerprint density at radius 2 is 0.959 bits per heavy atom. The second-order valence-electron chi connectivity index (χ2n) is 10.7. The zero-order valence-electron chi connectivity index (χ0n) is 27.9. The van der Waals surface area contributed by atoms with E-state index in [0.717, 1.165) is 59.7 Å². The van der Waals surface area contributed by atoms with Gasteiger partial charge in [0.1, 0.15) is 11.5 Å². The first kappa shape index (κ1) is 45.0. The van der Waals surface area contributed by atoms with E-state index in [0.29, 0.717) is 26.2 Å². The molecule has 2 saturated heterocycles. The number of rotatable bonds is 10. The molecule has 2 aliphatic rings. The molecule has 2 aliphatic heterocycles. The topological polar surface area (TPSA) is 174 Å². The van der Waals surface area contributed by atoms with Gasteiger partial charge in [-0.05, 0) is 81.1 Å². The van der Waals surface area contributed by atoms with Crippen molar-refractivity contribution in [1.29, 1.82) is 0 Å². The third-order valence-corrected chi connectivity index (χ3v) is 12.6. The fourth-order valence-corrected chi connectivity index (χ4v) is 8.18. The highest BCUT2D eigenvalue weighted by Gasteiger charge is 2.26. The smallest absolute Gasteiger partial charge is 0.414 e. The Morgan fingerprint density at radius 1 is 0.653 bits per heavy atom. The van der Waals surface area contributed by atoms with Gasteiger partial charge in [0.05, 0.1) is 34.7 Å². The maximum Gasteiger partial charge on any atom is 0.414 e. The molecule has 19 heteroatoms. The minimum Gasteiger partial charge on any atom is -0.496 e. The van der Waals surface area contributed by atoms with Gasteiger partial charge < -0.3 is 19.7 Å². The third kappa shape index (κ3) is 14.6. The summed E-state index contributed by atoms with van der Waals surface area (Å²) in [4.78, 5) is 22.7. The Balaban J connectivity index is 0.000000413. The number of sulfonamides is 2. The number of benzene rings is 2. The van der Waals surface area contributed by atoms with Gasteiger partial charge in [0.25, 0.3) is 0 Å². The average molecular weight is 881 g/mol. The predicted octanol–water partition coefficient (Wildman–Crippen LogP) is 3.43. The molecule has 4 rings (SSSR count). The van der Waals surface area contributed by atoms with E-state index in [2.05, 4.69) is 41.7 Å². The van der Waals surface area contributed by atoms with Gasteiger partial charge in [0, 0.05) is 65.4 Å². The number of methoxy groups -OCH3 is 2. The zero-order chi connectivity index (χ0) is 36.1. The molecule has 2 N–H and O–H groups in total. The van der Waals surface area contributed by atoms with E-state index in [9.17, 15) is 16.8 Å². The SMILES string of the molecule is CCS(=O)(=O)N1CCN(Cc2ccc(OC)c(Br)c2)CC1.CCS(=O)(=O)N1CCN(Cc2ccc(OC)c(Br)c2)CC1.Cl.O=C(O)C(=O)O. The molecule has 0 aromatic heterocycles. The highest BCUT2D eigenvalue weighted by Crippen LogP contribution is 2.27. The summed E-state index contributed by atoms with van der Waals surface area (Å²) in [7, 11) is -2.81. The van der Waals surface area contributed by atoms with Crippen molar-refractivity contribution < 1.29 is 46.1 Å². The minimum atomic E-state index is -3.05. The van der Waals surface area contributed by atoms with Gasteiger partial charge in [-0.2, -0.15) is 8.61 Å². The largest absolute Gasteiger partial charge is 0.496 e. The Morgan fingerprint density at radius 3 is 1.18 bits per heavy atom. The summed E-state index contributed by atoms with van der Waals surface area (Å²) in [5.74, 6) is -1.66. The molecule has 0 atom stereocenters. The van der Waals surface area contributed by atoms with Crippen molar-refractivity contribution in [3.8, 4) is 11.5 Å². The van der Waals surface area contributed by atoms with E-state index in [4.69, 9.17) is 29.3 Å². The molecule has 49 heavy (non-hydrogen) atoms. The van der Waals surface area contributed by atoms with Crippen molar-refractivity contribution in [2.75, 3.05) is 78.1 Å². The van der Waals surface area contributed by atoms with Crippen LogP contribution in [0.4, 0.5) is 0 Å². The van der Waals surface area contributed by atoms with Crippen molar-refractivity contribution in [3.05, 3.63) is 56.5 Å². The van der Waals surface area contributed by atoms with E-state index in [-0.39, 0.29) is 23.9 Å². The van der Waals surface area contributed by atoms with Crippen molar-refractivity contribution in [3.63, 3.8) is 0 Å². The van der Waals surface area contributed by atoms with E-state index in [1.807, 2.05) is 36.4 Å². The van der Waals surface area contributed by atoms with Crippen molar-refractivity contribution in [1.82, 2.24) is 18.4 Å². The molecular weight excluding hydrogens is 836 g/mol. The molecule has 0 unspecified atom stereocenters. The van der Waals surface area contributed by atoms with Gasteiger partial charge in [-0.3, -0.25) is 9.80 Å². The van der Waals surface area contributed by atoms with E-state index in [1.165, 1.54) is 11.1 Å². The minimum absolute atomic E-state index is 0. The average Bonchev–Trinajstić information content (AvgIpc) is 3.06. The maximum atomic E-state index is 11.8. The molecule has 2 heterocycles. The lowest BCUT2D eigenvalue weighted by Gasteiger charge is -2.33. The normalized spacial score (nSPS) is 16.2.